The van der Waals surface area contributed by atoms with Crippen LogP contribution >= 0.6 is 15.9 Å². The van der Waals surface area contributed by atoms with Crippen LogP contribution in [-0.2, 0) is 4.79 Å². The molecule has 1 atom stereocenters. The minimum atomic E-state index is 0.0536. The van der Waals surface area contributed by atoms with Gasteiger partial charge >= 0.3 is 0 Å². The summed E-state index contributed by atoms with van der Waals surface area (Å²) in [6.07, 6.45) is 4.58. The number of hydrogen-bond donors (Lipinski definition) is 2. The van der Waals surface area contributed by atoms with Gasteiger partial charge in [-0.05, 0) is 66.3 Å². The van der Waals surface area contributed by atoms with Crippen molar-refractivity contribution in [2.75, 3.05) is 18.4 Å². The first-order valence-corrected chi connectivity index (χ1v) is 7.07. The van der Waals surface area contributed by atoms with Gasteiger partial charge < -0.3 is 10.6 Å². The van der Waals surface area contributed by atoms with Gasteiger partial charge in [-0.15, -0.1) is 0 Å². The van der Waals surface area contributed by atoms with Crippen LogP contribution in [0.4, 0.5) is 5.82 Å². The number of pyridine rings is 1. The fourth-order valence-corrected chi connectivity index (χ4v) is 2.38. The Balaban J connectivity index is 1.88. The Labute approximate surface area is 116 Å². The van der Waals surface area contributed by atoms with Crippen molar-refractivity contribution >= 4 is 27.7 Å². The van der Waals surface area contributed by atoms with E-state index in [0.717, 1.165) is 36.0 Å². The Hall–Kier alpha value is -0.940. The molecule has 0 aliphatic carbocycles. The van der Waals surface area contributed by atoms with Crippen molar-refractivity contribution in [3.05, 3.63) is 22.3 Å². The average Bonchev–Trinajstić information content (AvgIpc) is 2.35. The van der Waals surface area contributed by atoms with Crippen molar-refractivity contribution in [3.8, 4) is 0 Å². The Kier molecular flexibility index (Phi) is 4.72. The van der Waals surface area contributed by atoms with Gasteiger partial charge in [0, 0.05) is 17.1 Å². The number of amides is 1. The summed E-state index contributed by atoms with van der Waals surface area (Å²) in [5, 5.41) is 6.18. The van der Waals surface area contributed by atoms with Crippen molar-refractivity contribution in [3.63, 3.8) is 0 Å². The molecule has 2 N–H and O–H groups in total. The molecule has 0 aromatic carbocycles. The summed E-state index contributed by atoms with van der Waals surface area (Å²) in [5.41, 5.74) is 1.07. The maximum atomic E-state index is 11.9. The van der Waals surface area contributed by atoms with E-state index in [9.17, 15) is 4.79 Å². The number of nitrogens with one attached hydrogen (secondary N) is 2. The third-order valence-corrected chi connectivity index (χ3v) is 4.02. The van der Waals surface area contributed by atoms with E-state index in [1.807, 2.05) is 13.0 Å². The third kappa shape index (κ3) is 3.78. The van der Waals surface area contributed by atoms with Crippen LogP contribution < -0.4 is 10.6 Å². The number of hydrogen-bond acceptors (Lipinski definition) is 3. The molecular formula is C13H18BrN3O. The Bertz CT molecular complexity index is 430. The zero-order chi connectivity index (χ0) is 13.0. The van der Waals surface area contributed by atoms with Gasteiger partial charge in [0.2, 0.25) is 5.91 Å². The zero-order valence-corrected chi connectivity index (χ0v) is 12.1. The molecule has 1 aromatic rings. The van der Waals surface area contributed by atoms with Crippen LogP contribution in [0.3, 0.4) is 0 Å². The molecule has 1 unspecified atom stereocenters. The lowest BCUT2D eigenvalue weighted by atomic mass is 9.96. The fourth-order valence-electron chi connectivity index (χ4n) is 2.16. The summed E-state index contributed by atoms with van der Waals surface area (Å²) in [6.45, 7) is 4.00. The van der Waals surface area contributed by atoms with E-state index in [2.05, 4.69) is 31.5 Å². The molecule has 0 radical (unpaired) electrons. The molecule has 0 bridgehead atoms. The molecule has 2 heterocycles. The second-order valence-corrected chi connectivity index (χ2v) is 5.64. The van der Waals surface area contributed by atoms with E-state index < -0.39 is 0 Å². The summed E-state index contributed by atoms with van der Waals surface area (Å²) < 4.78 is 0.956. The maximum absolute atomic E-state index is 11.9. The molecule has 2 rings (SSSR count). The average molecular weight is 312 g/mol. The smallest absolute Gasteiger partial charge is 0.225 e. The molecular weight excluding hydrogens is 294 g/mol. The summed E-state index contributed by atoms with van der Waals surface area (Å²) >= 11 is 3.39. The van der Waals surface area contributed by atoms with Gasteiger partial charge in [0.1, 0.15) is 5.82 Å². The maximum Gasteiger partial charge on any atom is 0.225 e. The van der Waals surface area contributed by atoms with E-state index in [-0.39, 0.29) is 5.91 Å². The van der Waals surface area contributed by atoms with Gasteiger partial charge in [-0.3, -0.25) is 4.79 Å². The van der Waals surface area contributed by atoms with Gasteiger partial charge in [-0.25, -0.2) is 4.98 Å². The molecule has 18 heavy (non-hydrogen) atoms. The van der Waals surface area contributed by atoms with Gasteiger partial charge in [0.15, 0.2) is 0 Å². The SMILES string of the molecule is Cc1cc(NC(=O)CC2CCCNC2)ncc1Br. The Morgan fingerprint density at radius 2 is 2.50 bits per heavy atom. The zero-order valence-electron chi connectivity index (χ0n) is 10.5. The van der Waals surface area contributed by atoms with E-state index in [0.29, 0.717) is 18.2 Å². The van der Waals surface area contributed by atoms with Gasteiger partial charge in [-0.2, -0.15) is 0 Å². The normalized spacial score (nSPS) is 19.6. The number of nitrogens with zero attached hydrogens (tertiary/aromatic N) is 1. The standard InChI is InChI=1S/C13H18BrN3O/c1-9-5-12(16-8-11(9)14)17-13(18)6-10-3-2-4-15-7-10/h5,8,10,15H,2-4,6-7H2,1H3,(H,16,17,18). The van der Waals surface area contributed by atoms with Gasteiger partial charge in [0.05, 0.1) is 0 Å². The summed E-state index contributed by atoms with van der Waals surface area (Å²) in [6, 6.07) is 1.88. The topological polar surface area (TPSA) is 54.0 Å². The van der Waals surface area contributed by atoms with Crippen molar-refractivity contribution in [1.82, 2.24) is 10.3 Å². The molecule has 1 aliphatic rings. The van der Waals surface area contributed by atoms with Crippen LogP contribution in [0.25, 0.3) is 0 Å². The highest BCUT2D eigenvalue weighted by atomic mass is 79.9. The number of aryl methyl sites for hydroxylation is 1. The van der Waals surface area contributed by atoms with E-state index >= 15 is 0 Å². The van der Waals surface area contributed by atoms with E-state index in [4.69, 9.17) is 0 Å². The third-order valence-electron chi connectivity index (χ3n) is 3.19. The van der Waals surface area contributed by atoms with Crippen molar-refractivity contribution < 1.29 is 4.79 Å². The number of rotatable bonds is 3. The number of anilines is 1. The fraction of sp³-hybridized carbons (Fsp3) is 0.538. The second-order valence-electron chi connectivity index (χ2n) is 4.78. The van der Waals surface area contributed by atoms with Gasteiger partial charge in [-0.1, -0.05) is 0 Å². The number of carbonyl (C=O) groups excluding carboxylic acids is 1. The van der Waals surface area contributed by atoms with Crippen LogP contribution in [0, 0.1) is 12.8 Å². The first-order chi connectivity index (χ1) is 8.65. The predicted molar refractivity (Wildman–Crippen MR) is 75.5 cm³/mol. The van der Waals surface area contributed by atoms with Crippen molar-refractivity contribution in [2.45, 2.75) is 26.2 Å². The largest absolute Gasteiger partial charge is 0.316 e. The minimum Gasteiger partial charge on any atom is -0.316 e. The summed E-state index contributed by atoms with van der Waals surface area (Å²) in [4.78, 5) is 16.1. The van der Waals surface area contributed by atoms with E-state index in [1.54, 1.807) is 6.20 Å². The van der Waals surface area contributed by atoms with Crippen LogP contribution in [0.15, 0.2) is 16.7 Å². The highest BCUT2D eigenvalue weighted by molar-refractivity contribution is 9.10. The minimum absolute atomic E-state index is 0.0536. The second kappa shape index (κ2) is 6.29. The molecule has 1 saturated heterocycles. The van der Waals surface area contributed by atoms with Crippen LogP contribution in [-0.4, -0.2) is 24.0 Å². The monoisotopic (exact) mass is 311 g/mol. The highest BCUT2D eigenvalue weighted by Gasteiger charge is 2.17. The molecule has 5 heteroatoms. The Morgan fingerprint density at radius 3 is 3.17 bits per heavy atom. The number of halogens is 1. The lowest BCUT2D eigenvalue weighted by Gasteiger charge is -2.21. The molecule has 1 aliphatic heterocycles. The number of piperidine rings is 1. The van der Waals surface area contributed by atoms with Crippen molar-refractivity contribution in [2.24, 2.45) is 5.92 Å². The number of aromatic nitrogens is 1. The number of carbonyl (C=O) groups is 1. The quantitative estimate of drug-likeness (QED) is 0.901. The molecule has 4 nitrogen and oxygen atoms in total. The van der Waals surface area contributed by atoms with Crippen LogP contribution in [0.1, 0.15) is 24.8 Å². The Morgan fingerprint density at radius 1 is 1.67 bits per heavy atom. The molecule has 98 valence electrons. The summed E-state index contributed by atoms with van der Waals surface area (Å²) in [5.74, 6) is 1.14. The molecule has 0 spiro atoms. The predicted octanol–water partition coefficient (Wildman–Crippen LogP) is 2.48. The summed E-state index contributed by atoms with van der Waals surface area (Å²) in [7, 11) is 0. The lowest BCUT2D eigenvalue weighted by Crippen LogP contribution is -2.32. The van der Waals surface area contributed by atoms with E-state index in [1.165, 1.54) is 0 Å². The van der Waals surface area contributed by atoms with Crippen molar-refractivity contribution in [1.29, 1.82) is 0 Å². The van der Waals surface area contributed by atoms with Crippen LogP contribution in [0.2, 0.25) is 0 Å². The first kappa shape index (κ1) is 13.5. The molecule has 1 amide bonds. The highest BCUT2D eigenvalue weighted by Crippen LogP contribution is 2.18. The molecule has 0 saturated carbocycles. The first-order valence-electron chi connectivity index (χ1n) is 6.28. The van der Waals surface area contributed by atoms with Crippen LogP contribution in [0.5, 0.6) is 0 Å². The lowest BCUT2D eigenvalue weighted by molar-refractivity contribution is -0.117. The molecule has 1 fully saturated rings. The van der Waals surface area contributed by atoms with Gasteiger partial charge in [0.25, 0.3) is 0 Å². The molecule has 1 aromatic heterocycles.